The molecule has 5 nitrogen and oxygen atoms in total. The molecule has 144 valence electrons. The van der Waals surface area contributed by atoms with Gasteiger partial charge in [-0.15, -0.1) is 0 Å². The number of nitrogens with zero attached hydrogens (tertiary/aromatic N) is 3. The van der Waals surface area contributed by atoms with E-state index in [1.54, 1.807) is 30.3 Å². The van der Waals surface area contributed by atoms with E-state index < -0.39 is 35.3 Å². The predicted octanol–water partition coefficient (Wildman–Crippen LogP) is 3.64. The highest BCUT2D eigenvalue weighted by atomic mass is 19.4. The van der Waals surface area contributed by atoms with E-state index >= 15 is 0 Å². The van der Waals surface area contributed by atoms with E-state index in [-0.39, 0.29) is 6.54 Å². The number of carbonyl (C=O) groups is 1. The van der Waals surface area contributed by atoms with Crippen LogP contribution in [0.5, 0.6) is 0 Å². The van der Waals surface area contributed by atoms with Gasteiger partial charge in [-0.05, 0) is 17.2 Å². The Balaban J connectivity index is 1.96. The maximum absolute atomic E-state index is 13.6. The second-order valence-corrected chi connectivity index (χ2v) is 6.10. The van der Waals surface area contributed by atoms with Gasteiger partial charge in [-0.3, -0.25) is 14.3 Å². The first-order chi connectivity index (χ1) is 13.3. The van der Waals surface area contributed by atoms with Gasteiger partial charge < -0.3 is 4.57 Å². The van der Waals surface area contributed by atoms with Crippen molar-refractivity contribution in [1.82, 2.24) is 14.3 Å². The first-order valence-corrected chi connectivity index (χ1v) is 8.32. The summed E-state index contributed by atoms with van der Waals surface area (Å²) in [6.07, 6.45) is -1.03. The van der Waals surface area contributed by atoms with Gasteiger partial charge in [0, 0.05) is 12.3 Å². The Labute approximate surface area is 158 Å². The van der Waals surface area contributed by atoms with Gasteiger partial charge in [0.2, 0.25) is 0 Å². The second-order valence-electron chi connectivity index (χ2n) is 6.10. The number of aromatic nitrogens is 3. The number of pyridine rings is 1. The highest BCUT2D eigenvalue weighted by Crippen LogP contribution is 2.32. The van der Waals surface area contributed by atoms with E-state index in [0.717, 1.165) is 15.4 Å². The molecule has 0 N–H and O–H groups in total. The molecule has 0 radical (unpaired) electrons. The molecular formula is C20H16F3N3O2. The van der Waals surface area contributed by atoms with Gasteiger partial charge >= 0.3 is 6.18 Å². The maximum Gasteiger partial charge on any atom is 0.433 e. The number of hydrogen-bond acceptors (Lipinski definition) is 3. The quantitative estimate of drug-likeness (QED) is 0.607. The van der Waals surface area contributed by atoms with Gasteiger partial charge in [-0.2, -0.15) is 18.3 Å². The molecule has 0 saturated carbocycles. The number of halogens is 3. The lowest BCUT2D eigenvalue weighted by atomic mass is 10.1. The van der Waals surface area contributed by atoms with Crippen molar-refractivity contribution >= 4 is 11.9 Å². The minimum absolute atomic E-state index is 0.130. The summed E-state index contributed by atoms with van der Waals surface area (Å²) in [6.45, 7) is 2.91. The van der Waals surface area contributed by atoms with Crippen LogP contribution in [0.25, 0.3) is 6.08 Å². The van der Waals surface area contributed by atoms with Crippen molar-refractivity contribution in [3.05, 3.63) is 94.2 Å². The number of alkyl halides is 3. The number of rotatable bonds is 6. The molecule has 0 saturated heterocycles. The molecule has 8 heteroatoms. The Kier molecular flexibility index (Phi) is 5.30. The third-order valence-electron chi connectivity index (χ3n) is 4.14. The van der Waals surface area contributed by atoms with E-state index in [2.05, 4.69) is 11.7 Å². The van der Waals surface area contributed by atoms with Crippen LogP contribution in [0, 0.1) is 0 Å². The van der Waals surface area contributed by atoms with Crippen molar-refractivity contribution in [2.24, 2.45) is 0 Å². The molecule has 0 aliphatic heterocycles. The van der Waals surface area contributed by atoms with Crippen LogP contribution in [0.15, 0.2) is 66.2 Å². The van der Waals surface area contributed by atoms with Crippen molar-refractivity contribution in [3.63, 3.8) is 0 Å². The highest BCUT2D eigenvalue weighted by molar-refractivity contribution is 5.97. The SMILES string of the molecule is C=Cc1ccc(=O)n(CC(=O)c2cnn(Cc3ccccc3)c2C(F)(F)F)c1. The topological polar surface area (TPSA) is 56.9 Å². The van der Waals surface area contributed by atoms with E-state index in [1.807, 2.05) is 0 Å². The Morgan fingerprint density at radius 1 is 1.14 bits per heavy atom. The average Bonchev–Trinajstić information content (AvgIpc) is 3.08. The van der Waals surface area contributed by atoms with Gasteiger partial charge in [0.15, 0.2) is 11.5 Å². The van der Waals surface area contributed by atoms with Crippen molar-refractivity contribution < 1.29 is 18.0 Å². The summed E-state index contributed by atoms with van der Waals surface area (Å²) >= 11 is 0. The molecule has 2 heterocycles. The average molecular weight is 387 g/mol. The summed E-state index contributed by atoms with van der Waals surface area (Å²) in [4.78, 5) is 24.5. The molecule has 28 heavy (non-hydrogen) atoms. The summed E-state index contributed by atoms with van der Waals surface area (Å²) in [7, 11) is 0. The van der Waals surface area contributed by atoms with Crippen molar-refractivity contribution in [2.75, 3.05) is 0 Å². The normalized spacial score (nSPS) is 11.4. The minimum atomic E-state index is -4.77. The molecule has 3 aromatic rings. The largest absolute Gasteiger partial charge is 0.433 e. The summed E-state index contributed by atoms with van der Waals surface area (Å²) in [5, 5.41) is 3.77. The molecule has 0 aliphatic carbocycles. The molecule has 1 aromatic carbocycles. The number of carbonyl (C=O) groups excluding carboxylic acids is 1. The molecule has 0 atom stereocenters. The van der Waals surface area contributed by atoms with E-state index in [1.165, 1.54) is 24.4 Å². The molecule has 0 spiro atoms. The van der Waals surface area contributed by atoms with E-state index in [9.17, 15) is 22.8 Å². The van der Waals surface area contributed by atoms with Gasteiger partial charge in [-0.25, -0.2) is 0 Å². The third kappa shape index (κ3) is 4.11. The fourth-order valence-corrected chi connectivity index (χ4v) is 2.80. The van der Waals surface area contributed by atoms with Crippen molar-refractivity contribution in [1.29, 1.82) is 0 Å². The van der Waals surface area contributed by atoms with Crippen molar-refractivity contribution in [3.8, 4) is 0 Å². The predicted molar refractivity (Wildman–Crippen MR) is 97.9 cm³/mol. The van der Waals surface area contributed by atoms with Gasteiger partial charge in [0.25, 0.3) is 5.56 Å². The molecule has 3 rings (SSSR count). The summed E-state index contributed by atoms with van der Waals surface area (Å²) < 4.78 is 42.7. The van der Waals surface area contributed by atoms with E-state index in [4.69, 9.17) is 0 Å². The second kappa shape index (κ2) is 7.67. The highest BCUT2D eigenvalue weighted by Gasteiger charge is 2.40. The fourth-order valence-electron chi connectivity index (χ4n) is 2.80. The zero-order chi connectivity index (χ0) is 20.3. The van der Waals surface area contributed by atoms with Crippen LogP contribution in [-0.4, -0.2) is 20.1 Å². The zero-order valence-electron chi connectivity index (χ0n) is 14.7. The first kappa shape index (κ1) is 19.3. The van der Waals surface area contributed by atoms with Crippen LogP contribution < -0.4 is 5.56 Å². The molecular weight excluding hydrogens is 371 g/mol. The number of benzene rings is 1. The standard InChI is InChI=1S/C20H16F3N3O2/c1-2-14-8-9-18(28)25(11-14)13-17(27)16-10-24-26(19(16)20(21,22)23)12-15-6-4-3-5-7-15/h2-11H,1,12-13H2. The Morgan fingerprint density at radius 3 is 2.50 bits per heavy atom. The Hall–Kier alpha value is -3.42. The van der Waals surface area contributed by atoms with Gasteiger partial charge in [0.05, 0.1) is 24.8 Å². The Bertz CT molecular complexity index is 1070. The van der Waals surface area contributed by atoms with Crippen LogP contribution in [0.1, 0.15) is 27.2 Å². The minimum Gasteiger partial charge on any atom is -0.307 e. The smallest absolute Gasteiger partial charge is 0.307 e. The lowest BCUT2D eigenvalue weighted by Gasteiger charge is -2.13. The van der Waals surface area contributed by atoms with Crippen LogP contribution in [0.4, 0.5) is 13.2 Å². The van der Waals surface area contributed by atoms with Gasteiger partial charge in [0.1, 0.15) is 0 Å². The zero-order valence-corrected chi connectivity index (χ0v) is 14.7. The molecule has 0 fully saturated rings. The van der Waals surface area contributed by atoms with Crippen LogP contribution in [-0.2, 0) is 19.3 Å². The lowest BCUT2D eigenvalue weighted by molar-refractivity contribution is -0.144. The monoisotopic (exact) mass is 387 g/mol. The third-order valence-corrected chi connectivity index (χ3v) is 4.14. The summed E-state index contributed by atoms with van der Waals surface area (Å²) in [6, 6.07) is 11.2. The molecule has 0 bridgehead atoms. The Morgan fingerprint density at radius 2 is 1.86 bits per heavy atom. The first-order valence-electron chi connectivity index (χ1n) is 8.32. The molecule has 0 aliphatic rings. The van der Waals surface area contributed by atoms with Gasteiger partial charge in [-0.1, -0.05) is 43.0 Å². The molecule has 0 amide bonds. The van der Waals surface area contributed by atoms with Crippen molar-refractivity contribution in [2.45, 2.75) is 19.3 Å². The maximum atomic E-state index is 13.6. The molecule has 2 aromatic heterocycles. The summed E-state index contributed by atoms with van der Waals surface area (Å²) in [5.41, 5.74) is -1.01. The number of ketones is 1. The van der Waals surface area contributed by atoms with Crippen LogP contribution >= 0.6 is 0 Å². The lowest BCUT2D eigenvalue weighted by Crippen LogP contribution is -2.25. The fraction of sp³-hybridized carbons (Fsp3) is 0.150. The number of Topliss-reactive ketones (excluding diaryl/α,β-unsaturated/α-hetero) is 1. The summed E-state index contributed by atoms with van der Waals surface area (Å²) in [5.74, 6) is -0.852. The van der Waals surface area contributed by atoms with Crippen LogP contribution in [0.2, 0.25) is 0 Å². The van der Waals surface area contributed by atoms with E-state index in [0.29, 0.717) is 11.1 Å². The molecule has 0 unspecified atom stereocenters. The van der Waals surface area contributed by atoms with Crippen LogP contribution in [0.3, 0.4) is 0 Å². The number of hydrogen-bond donors (Lipinski definition) is 0.